The summed E-state index contributed by atoms with van der Waals surface area (Å²) in [5, 5.41) is 2.23. The number of fused-ring (bicyclic) bond motifs is 3. The highest BCUT2D eigenvalue weighted by Crippen LogP contribution is 2.25. The Labute approximate surface area is 173 Å². The minimum Gasteiger partial charge on any atom is -0.366 e. The topological polar surface area (TPSA) is 52.2 Å². The van der Waals surface area contributed by atoms with Crippen molar-refractivity contribution in [3.63, 3.8) is 0 Å². The monoisotopic (exact) mass is 400 g/mol. The van der Waals surface area contributed by atoms with Gasteiger partial charge < -0.3 is 14.8 Å². The summed E-state index contributed by atoms with van der Waals surface area (Å²) in [6.07, 6.45) is 5.13. The summed E-state index contributed by atoms with van der Waals surface area (Å²) in [7, 11) is 0. The number of anilines is 1. The summed E-state index contributed by atoms with van der Waals surface area (Å²) in [5.74, 6) is -0.278. The SMILES string of the molecule is O=C(/C=C/c1cc2c(cn1)[nH]c1ccccc12)N1CCN(c2ccccc2F)CC1. The normalized spacial score (nSPS) is 14.8. The predicted octanol–water partition coefficient (Wildman–Crippen LogP) is 4.22. The zero-order valence-electron chi connectivity index (χ0n) is 16.4. The van der Waals surface area contributed by atoms with Gasteiger partial charge in [0.15, 0.2) is 0 Å². The van der Waals surface area contributed by atoms with Crippen LogP contribution < -0.4 is 4.90 Å². The van der Waals surface area contributed by atoms with Gasteiger partial charge in [0.1, 0.15) is 5.82 Å². The molecule has 1 amide bonds. The van der Waals surface area contributed by atoms with Crippen LogP contribution in [0.3, 0.4) is 0 Å². The maximum Gasteiger partial charge on any atom is 0.246 e. The third-order valence-corrected chi connectivity index (χ3v) is 5.59. The van der Waals surface area contributed by atoms with Crippen molar-refractivity contribution in [2.45, 2.75) is 0 Å². The summed E-state index contributed by atoms with van der Waals surface area (Å²) in [6.45, 7) is 2.35. The quantitative estimate of drug-likeness (QED) is 0.524. The predicted molar refractivity (Wildman–Crippen MR) is 118 cm³/mol. The zero-order valence-corrected chi connectivity index (χ0v) is 16.4. The number of halogens is 1. The van der Waals surface area contributed by atoms with E-state index in [9.17, 15) is 9.18 Å². The van der Waals surface area contributed by atoms with Crippen molar-refractivity contribution in [3.8, 4) is 0 Å². The average Bonchev–Trinajstić information content (AvgIpc) is 3.16. The van der Waals surface area contributed by atoms with Crippen molar-refractivity contribution in [1.82, 2.24) is 14.9 Å². The van der Waals surface area contributed by atoms with Crippen LogP contribution in [0.15, 0.2) is 66.9 Å². The van der Waals surface area contributed by atoms with Crippen molar-refractivity contribution in [2.75, 3.05) is 31.1 Å². The third-order valence-electron chi connectivity index (χ3n) is 5.59. The molecule has 1 fully saturated rings. The Balaban J connectivity index is 1.28. The van der Waals surface area contributed by atoms with Crippen LogP contribution in [0.4, 0.5) is 10.1 Å². The lowest BCUT2D eigenvalue weighted by Crippen LogP contribution is -2.48. The van der Waals surface area contributed by atoms with Gasteiger partial charge in [-0.15, -0.1) is 0 Å². The van der Waals surface area contributed by atoms with E-state index < -0.39 is 0 Å². The molecule has 0 spiro atoms. The number of nitrogens with one attached hydrogen (secondary N) is 1. The van der Waals surface area contributed by atoms with E-state index in [1.54, 1.807) is 35.4 Å². The van der Waals surface area contributed by atoms with Crippen LogP contribution in [0.1, 0.15) is 5.69 Å². The largest absolute Gasteiger partial charge is 0.366 e. The number of piperazine rings is 1. The van der Waals surface area contributed by atoms with Gasteiger partial charge in [-0.25, -0.2) is 4.39 Å². The second kappa shape index (κ2) is 7.63. The first-order chi connectivity index (χ1) is 14.7. The number of amides is 1. The van der Waals surface area contributed by atoms with Crippen LogP contribution in [0.25, 0.3) is 27.9 Å². The molecule has 0 atom stereocenters. The van der Waals surface area contributed by atoms with Gasteiger partial charge in [-0.05, 0) is 30.3 Å². The van der Waals surface area contributed by atoms with Gasteiger partial charge in [0.05, 0.1) is 23.1 Å². The number of aromatic amines is 1. The van der Waals surface area contributed by atoms with Crippen LogP contribution >= 0.6 is 0 Å². The van der Waals surface area contributed by atoms with Gasteiger partial charge in [0.2, 0.25) is 5.91 Å². The van der Waals surface area contributed by atoms with E-state index in [1.807, 2.05) is 35.2 Å². The average molecular weight is 400 g/mol. The van der Waals surface area contributed by atoms with Gasteiger partial charge in [-0.1, -0.05) is 30.3 Å². The van der Waals surface area contributed by atoms with E-state index in [-0.39, 0.29) is 11.7 Å². The Morgan fingerprint density at radius 2 is 1.73 bits per heavy atom. The molecular weight excluding hydrogens is 379 g/mol. The van der Waals surface area contributed by atoms with Crippen LogP contribution in [0.2, 0.25) is 0 Å². The molecule has 1 N–H and O–H groups in total. The first-order valence-electron chi connectivity index (χ1n) is 10.0. The van der Waals surface area contributed by atoms with Crippen molar-refractivity contribution in [2.24, 2.45) is 0 Å². The van der Waals surface area contributed by atoms with Crippen LogP contribution in [-0.2, 0) is 4.79 Å². The minimum atomic E-state index is -0.226. The Bertz CT molecular complexity index is 1250. The lowest BCUT2D eigenvalue weighted by molar-refractivity contribution is -0.126. The molecule has 1 aliphatic rings. The van der Waals surface area contributed by atoms with Gasteiger partial charge in [-0.2, -0.15) is 0 Å². The Morgan fingerprint density at radius 1 is 0.967 bits per heavy atom. The van der Waals surface area contributed by atoms with Crippen molar-refractivity contribution in [3.05, 3.63) is 78.4 Å². The molecule has 2 aromatic carbocycles. The summed E-state index contributed by atoms with van der Waals surface area (Å²) < 4.78 is 14.0. The number of H-pyrrole nitrogens is 1. The summed E-state index contributed by atoms with van der Waals surface area (Å²) in [4.78, 5) is 24.2. The Morgan fingerprint density at radius 3 is 2.57 bits per heavy atom. The maximum atomic E-state index is 14.0. The molecule has 0 unspecified atom stereocenters. The third kappa shape index (κ3) is 3.41. The maximum absolute atomic E-state index is 14.0. The van der Waals surface area contributed by atoms with E-state index in [0.29, 0.717) is 31.9 Å². The first-order valence-corrected chi connectivity index (χ1v) is 10.0. The Hall–Kier alpha value is -3.67. The van der Waals surface area contributed by atoms with Gasteiger partial charge in [0.25, 0.3) is 0 Å². The molecule has 0 bridgehead atoms. The van der Waals surface area contributed by atoms with Gasteiger partial charge in [-0.3, -0.25) is 9.78 Å². The molecule has 6 heteroatoms. The standard InChI is InChI=1S/C24H21FN4O/c25-20-6-2-4-8-23(20)28-11-13-29(14-12-28)24(30)10-9-17-15-19-18-5-1-3-7-21(18)27-22(19)16-26-17/h1-10,15-16,27H,11-14H2/b10-9+. The van der Waals surface area contributed by atoms with Gasteiger partial charge >= 0.3 is 0 Å². The molecule has 4 aromatic rings. The summed E-state index contributed by atoms with van der Waals surface area (Å²) in [5.41, 5.74) is 3.38. The van der Waals surface area contributed by atoms with E-state index >= 15 is 0 Å². The number of para-hydroxylation sites is 2. The van der Waals surface area contributed by atoms with Crippen LogP contribution in [0.5, 0.6) is 0 Å². The number of aromatic nitrogens is 2. The van der Waals surface area contributed by atoms with Crippen LogP contribution in [-0.4, -0.2) is 47.0 Å². The first kappa shape index (κ1) is 18.4. The molecule has 3 heterocycles. The smallest absolute Gasteiger partial charge is 0.246 e. The fourth-order valence-corrected chi connectivity index (χ4v) is 4.00. The number of carbonyl (C=O) groups is 1. The molecule has 2 aromatic heterocycles. The number of hydrogen-bond acceptors (Lipinski definition) is 3. The molecule has 0 radical (unpaired) electrons. The summed E-state index contributed by atoms with van der Waals surface area (Å²) >= 11 is 0. The molecule has 5 rings (SSSR count). The molecule has 0 aliphatic carbocycles. The molecule has 1 saturated heterocycles. The summed E-state index contributed by atoms with van der Waals surface area (Å²) in [6, 6.07) is 16.9. The van der Waals surface area contributed by atoms with E-state index in [4.69, 9.17) is 0 Å². The highest BCUT2D eigenvalue weighted by molar-refractivity contribution is 6.07. The van der Waals surface area contributed by atoms with E-state index in [0.717, 1.165) is 27.5 Å². The number of hydrogen-bond donors (Lipinski definition) is 1. The Kier molecular flexibility index (Phi) is 4.67. The molecule has 1 aliphatic heterocycles. The fraction of sp³-hybridized carbons (Fsp3) is 0.167. The van der Waals surface area contributed by atoms with E-state index in [2.05, 4.69) is 16.0 Å². The number of carbonyl (C=O) groups excluding carboxylic acids is 1. The molecule has 30 heavy (non-hydrogen) atoms. The molecular formula is C24H21FN4O. The number of benzene rings is 2. The minimum absolute atomic E-state index is 0.0518. The van der Waals surface area contributed by atoms with Crippen molar-refractivity contribution < 1.29 is 9.18 Å². The van der Waals surface area contributed by atoms with E-state index in [1.165, 1.54) is 6.07 Å². The highest BCUT2D eigenvalue weighted by Gasteiger charge is 2.21. The number of nitrogens with zero attached hydrogens (tertiary/aromatic N) is 3. The number of rotatable bonds is 3. The fourth-order valence-electron chi connectivity index (χ4n) is 4.00. The van der Waals surface area contributed by atoms with Crippen molar-refractivity contribution >= 4 is 39.5 Å². The zero-order chi connectivity index (χ0) is 20.5. The highest BCUT2D eigenvalue weighted by atomic mass is 19.1. The lowest BCUT2D eigenvalue weighted by Gasteiger charge is -2.35. The molecule has 150 valence electrons. The molecule has 0 saturated carbocycles. The second-order valence-electron chi connectivity index (χ2n) is 7.42. The van der Waals surface area contributed by atoms with Gasteiger partial charge in [0, 0.05) is 48.5 Å². The number of pyridine rings is 1. The van der Waals surface area contributed by atoms with Crippen molar-refractivity contribution in [1.29, 1.82) is 0 Å². The van der Waals surface area contributed by atoms with Crippen LogP contribution in [0, 0.1) is 5.82 Å². The second-order valence-corrected chi connectivity index (χ2v) is 7.42. The molecule has 5 nitrogen and oxygen atoms in total. The lowest BCUT2D eigenvalue weighted by atomic mass is 10.1.